The van der Waals surface area contributed by atoms with Gasteiger partial charge in [0.05, 0.1) is 21.5 Å². The van der Waals surface area contributed by atoms with Gasteiger partial charge in [0, 0.05) is 31.9 Å². The Bertz CT molecular complexity index is 1290. The number of carbonyl (C=O) groups is 1. The minimum Gasteiger partial charge on any atom is -0.487 e. The monoisotopic (exact) mass is 453 g/mol. The number of hydrogen-bond acceptors (Lipinski definition) is 5. The third-order valence-electron chi connectivity index (χ3n) is 6.32. The van der Waals surface area contributed by atoms with E-state index in [1.807, 2.05) is 36.6 Å². The lowest BCUT2D eigenvalue weighted by atomic mass is 9.99. The van der Waals surface area contributed by atoms with E-state index in [1.54, 1.807) is 6.07 Å². The lowest BCUT2D eigenvalue weighted by Gasteiger charge is -2.40. The number of benzene rings is 2. The summed E-state index contributed by atoms with van der Waals surface area (Å²) >= 11 is 6.73. The lowest BCUT2D eigenvalue weighted by molar-refractivity contribution is 0.0693. The van der Waals surface area contributed by atoms with Crippen molar-refractivity contribution in [1.82, 2.24) is 9.88 Å². The Morgan fingerprint density at radius 2 is 2.03 bits per heavy atom. The number of piperazine rings is 1. The number of aromatic carboxylic acids is 1. The molecular weight excluding hydrogens is 430 g/mol. The topological polar surface area (TPSA) is 83.8 Å². The molecule has 1 saturated heterocycles. The number of halogens is 1. The Morgan fingerprint density at radius 1 is 1.28 bits per heavy atom. The van der Waals surface area contributed by atoms with Crippen LogP contribution < -0.4 is 20.4 Å². The van der Waals surface area contributed by atoms with Gasteiger partial charge in [-0.15, -0.1) is 0 Å². The van der Waals surface area contributed by atoms with Crippen molar-refractivity contribution in [3.63, 3.8) is 0 Å². The number of pyridine rings is 1. The van der Waals surface area contributed by atoms with Crippen molar-refractivity contribution in [1.29, 1.82) is 0 Å². The smallest absolute Gasteiger partial charge is 0.341 e. The van der Waals surface area contributed by atoms with Crippen LogP contribution in [0.15, 0.2) is 47.4 Å². The molecular formula is C24H24ClN3O4. The van der Waals surface area contributed by atoms with Crippen LogP contribution in [0, 0.1) is 0 Å². The average molecular weight is 454 g/mol. The molecule has 5 rings (SSSR count). The van der Waals surface area contributed by atoms with Crippen LogP contribution in [0.4, 0.5) is 5.69 Å². The van der Waals surface area contributed by atoms with E-state index >= 15 is 0 Å². The van der Waals surface area contributed by atoms with Crippen LogP contribution in [0.1, 0.15) is 35.8 Å². The number of ether oxygens (including phenoxy) is 1. The van der Waals surface area contributed by atoms with Gasteiger partial charge in [-0.1, -0.05) is 41.9 Å². The van der Waals surface area contributed by atoms with Crippen LogP contribution in [0.2, 0.25) is 5.02 Å². The van der Waals surface area contributed by atoms with Crippen LogP contribution in [-0.2, 0) is 5.54 Å². The Morgan fingerprint density at radius 3 is 2.75 bits per heavy atom. The van der Waals surface area contributed by atoms with Crippen LogP contribution in [0.3, 0.4) is 0 Å². The highest BCUT2D eigenvalue weighted by Crippen LogP contribution is 2.46. The SMILES string of the molecule is CC1(C)COc2c(N3CCNC(c4ccccc4)C3)c(Cl)cc3c(=O)c(C(=O)O)cn1c23. The number of nitrogens with one attached hydrogen (secondary N) is 1. The fourth-order valence-corrected chi connectivity index (χ4v) is 4.97. The van der Waals surface area contributed by atoms with Gasteiger partial charge in [0.15, 0.2) is 5.75 Å². The number of rotatable bonds is 3. The van der Waals surface area contributed by atoms with Gasteiger partial charge in [-0.05, 0) is 25.5 Å². The first-order chi connectivity index (χ1) is 15.3. The van der Waals surface area contributed by atoms with Crippen LogP contribution in [0.25, 0.3) is 10.9 Å². The number of hydrogen-bond donors (Lipinski definition) is 2. The quantitative estimate of drug-likeness (QED) is 0.630. The first kappa shape index (κ1) is 20.8. The average Bonchev–Trinajstić information content (AvgIpc) is 2.77. The second-order valence-electron chi connectivity index (χ2n) is 8.94. The minimum absolute atomic E-state index is 0.125. The summed E-state index contributed by atoms with van der Waals surface area (Å²) in [5, 5.41) is 13.8. The largest absolute Gasteiger partial charge is 0.487 e. The van der Waals surface area contributed by atoms with Gasteiger partial charge >= 0.3 is 5.97 Å². The van der Waals surface area contributed by atoms with E-state index < -0.39 is 16.9 Å². The molecule has 32 heavy (non-hydrogen) atoms. The Balaban J connectivity index is 1.70. The number of carboxylic acids is 1. The van der Waals surface area contributed by atoms with Crippen molar-refractivity contribution in [2.45, 2.75) is 25.4 Å². The summed E-state index contributed by atoms with van der Waals surface area (Å²) in [7, 11) is 0. The van der Waals surface area contributed by atoms with Gasteiger partial charge in [0.1, 0.15) is 17.9 Å². The maximum absolute atomic E-state index is 13.0. The van der Waals surface area contributed by atoms with E-state index in [0.29, 0.717) is 29.4 Å². The molecule has 0 bridgehead atoms. The second-order valence-corrected chi connectivity index (χ2v) is 9.35. The third kappa shape index (κ3) is 3.24. The Hall–Kier alpha value is -3.03. The molecule has 0 amide bonds. The first-order valence-electron chi connectivity index (χ1n) is 10.6. The highest BCUT2D eigenvalue weighted by molar-refractivity contribution is 6.35. The second kappa shape index (κ2) is 7.53. The van der Waals surface area contributed by atoms with Gasteiger partial charge in [-0.3, -0.25) is 4.79 Å². The fraction of sp³-hybridized carbons (Fsp3) is 0.333. The van der Waals surface area contributed by atoms with Gasteiger partial charge in [0.25, 0.3) is 0 Å². The van der Waals surface area contributed by atoms with Gasteiger partial charge in [-0.2, -0.15) is 0 Å². The predicted octanol–water partition coefficient (Wildman–Crippen LogP) is 3.63. The summed E-state index contributed by atoms with van der Waals surface area (Å²) < 4.78 is 8.07. The summed E-state index contributed by atoms with van der Waals surface area (Å²) in [6, 6.07) is 11.9. The van der Waals surface area contributed by atoms with E-state index in [9.17, 15) is 14.7 Å². The van der Waals surface area contributed by atoms with Gasteiger partial charge < -0.3 is 24.6 Å². The van der Waals surface area contributed by atoms with E-state index in [4.69, 9.17) is 16.3 Å². The summed E-state index contributed by atoms with van der Waals surface area (Å²) in [6.45, 7) is 6.42. The lowest BCUT2D eigenvalue weighted by Crippen LogP contribution is -2.46. The standard InChI is InChI=1S/C24H24ClN3O4/c1-24(2)13-32-22-19-15(21(29)16(23(30)31)11-28(19)24)10-17(25)20(22)27-9-8-26-18(12-27)14-6-4-3-5-7-14/h3-7,10-11,18,26H,8-9,12-13H2,1-2H3,(H,30,31). The summed E-state index contributed by atoms with van der Waals surface area (Å²) in [5.74, 6) is -0.716. The molecule has 3 heterocycles. The van der Waals surface area contributed by atoms with Gasteiger partial charge in [0.2, 0.25) is 5.43 Å². The Kier molecular flexibility index (Phi) is 4.91. The molecule has 3 aromatic rings. The predicted molar refractivity (Wildman–Crippen MR) is 124 cm³/mol. The zero-order chi connectivity index (χ0) is 22.6. The molecule has 2 N–H and O–H groups in total. The van der Waals surface area contributed by atoms with Crippen LogP contribution in [-0.4, -0.2) is 41.9 Å². The number of aromatic nitrogens is 1. The number of anilines is 1. The van der Waals surface area contributed by atoms with Crippen molar-refractivity contribution < 1.29 is 14.6 Å². The molecule has 0 saturated carbocycles. The molecule has 1 fully saturated rings. The molecule has 0 radical (unpaired) electrons. The number of nitrogens with zero attached hydrogens (tertiary/aromatic N) is 2. The molecule has 1 aromatic heterocycles. The van der Waals surface area contributed by atoms with E-state index in [2.05, 4.69) is 22.3 Å². The summed E-state index contributed by atoms with van der Waals surface area (Å²) in [4.78, 5) is 26.9. The molecule has 2 aliphatic rings. The summed E-state index contributed by atoms with van der Waals surface area (Å²) in [5.41, 5.74) is 1.17. The molecule has 1 unspecified atom stereocenters. The normalized spacial score (nSPS) is 19.6. The zero-order valence-corrected chi connectivity index (χ0v) is 18.6. The van der Waals surface area contributed by atoms with E-state index in [-0.39, 0.29) is 17.0 Å². The van der Waals surface area contributed by atoms with E-state index in [0.717, 1.165) is 18.8 Å². The molecule has 2 aromatic carbocycles. The molecule has 1 atom stereocenters. The highest BCUT2D eigenvalue weighted by atomic mass is 35.5. The molecule has 0 aliphatic carbocycles. The minimum atomic E-state index is -1.25. The van der Waals surface area contributed by atoms with E-state index in [1.165, 1.54) is 11.8 Å². The van der Waals surface area contributed by atoms with Gasteiger partial charge in [-0.25, -0.2) is 4.79 Å². The molecule has 7 nitrogen and oxygen atoms in total. The third-order valence-corrected chi connectivity index (χ3v) is 6.60. The first-order valence-corrected chi connectivity index (χ1v) is 11.0. The fourth-order valence-electron chi connectivity index (χ4n) is 4.66. The van der Waals surface area contributed by atoms with Crippen LogP contribution in [0.5, 0.6) is 5.75 Å². The molecule has 8 heteroatoms. The Labute approximate surface area is 190 Å². The molecule has 166 valence electrons. The maximum Gasteiger partial charge on any atom is 0.341 e. The molecule has 0 spiro atoms. The van der Waals surface area contributed by atoms with Crippen molar-refractivity contribution in [2.75, 3.05) is 31.1 Å². The van der Waals surface area contributed by atoms with Crippen molar-refractivity contribution in [3.05, 3.63) is 69.0 Å². The van der Waals surface area contributed by atoms with Crippen LogP contribution >= 0.6 is 11.6 Å². The van der Waals surface area contributed by atoms with Crippen molar-refractivity contribution >= 4 is 34.2 Å². The molecule has 2 aliphatic heterocycles. The number of carboxylic acid groups (broad SMARTS) is 1. The van der Waals surface area contributed by atoms with Crippen molar-refractivity contribution in [3.8, 4) is 5.75 Å². The maximum atomic E-state index is 13.0. The van der Waals surface area contributed by atoms with Crippen molar-refractivity contribution in [2.24, 2.45) is 0 Å². The summed E-state index contributed by atoms with van der Waals surface area (Å²) in [6.07, 6.45) is 1.43. The highest BCUT2D eigenvalue weighted by Gasteiger charge is 2.35. The zero-order valence-electron chi connectivity index (χ0n) is 17.9.